The van der Waals surface area contributed by atoms with Crippen molar-refractivity contribution in [2.75, 3.05) is 5.32 Å². The van der Waals surface area contributed by atoms with Crippen molar-refractivity contribution in [1.82, 2.24) is 0 Å². The second kappa shape index (κ2) is 5.61. The molecule has 2 aromatic rings. The predicted octanol–water partition coefficient (Wildman–Crippen LogP) is 1.49. The molecule has 2 bridgehead atoms. The van der Waals surface area contributed by atoms with Crippen LogP contribution in [0, 0.1) is 23.7 Å². The summed E-state index contributed by atoms with van der Waals surface area (Å²) in [5, 5.41) is 24.8. The first-order chi connectivity index (χ1) is 14.5. The van der Waals surface area contributed by atoms with Crippen LogP contribution in [0.25, 0.3) is 0 Å². The van der Waals surface area contributed by atoms with E-state index in [-0.39, 0.29) is 33.8 Å². The van der Waals surface area contributed by atoms with E-state index < -0.39 is 29.6 Å². The summed E-state index contributed by atoms with van der Waals surface area (Å²) in [5.41, 5.74) is 0.0377. The maximum atomic E-state index is 13.4. The van der Waals surface area contributed by atoms with Gasteiger partial charge in [0.2, 0.25) is 0 Å². The van der Waals surface area contributed by atoms with E-state index in [1.54, 1.807) is 30.3 Å². The largest absolute Gasteiger partial charge is 0.507 e. The predicted molar refractivity (Wildman–Crippen MR) is 106 cm³/mol. The first-order valence-corrected chi connectivity index (χ1v) is 9.42. The smallest absolute Gasteiger partial charge is 0.198 e. The lowest BCUT2D eigenvalue weighted by atomic mass is 9.76. The van der Waals surface area contributed by atoms with E-state index in [0.717, 1.165) is 0 Å². The second-order valence-corrected chi connectivity index (χ2v) is 7.54. The third kappa shape index (κ3) is 1.97. The number of rotatable bonds is 0. The van der Waals surface area contributed by atoms with Gasteiger partial charge in [-0.3, -0.25) is 9.59 Å². The summed E-state index contributed by atoms with van der Waals surface area (Å²) in [6, 6.07) is 7.38. The molecular weight excluding hydrogens is 382 g/mol. The Balaban J connectivity index is 1.66. The van der Waals surface area contributed by atoms with Crippen molar-refractivity contribution in [2.24, 2.45) is 0 Å². The number of carbonyl (C=O) groups excluding carboxylic acids is 2. The van der Waals surface area contributed by atoms with Crippen molar-refractivity contribution in [3.8, 4) is 29.4 Å². The van der Waals surface area contributed by atoms with E-state index in [1.165, 1.54) is 12.1 Å². The number of aliphatic hydroxyl groups is 1. The highest BCUT2D eigenvalue weighted by Crippen LogP contribution is 2.58. The highest BCUT2D eigenvalue weighted by Gasteiger charge is 2.69. The Kier molecular flexibility index (Phi) is 3.19. The average Bonchev–Trinajstić information content (AvgIpc) is 3.51. The first-order valence-electron chi connectivity index (χ1n) is 9.42. The maximum absolute atomic E-state index is 13.4. The molecular formula is C24H13NO5. The number of carbonyl (C=O) groups is 2. The van der Waals surface area contributed by atoms with E-state index in [0.29, 0.717) is 11.3 Å². The zero-order chi connectivity index (χ0) is 20.6. The third-order valence-corrected chi connectivity index (χ3v) is 6.00. The van der Waals surface area contributed by atoms with Crippen LogP contribution in [-0.4, -0.2) is 40.0 Å². The number of fused-ring (bicyclic) bond motifs is 4. The summed E-state index contributed by atoms with van der Waals surface area (Å²) < 4.78 is 5.92. The molecule has 0 radical (unpaired) electrons. The van der Waals surface area contributed by atoms with Crippen molar-refractivity contribution in [1.29, 1.82) is 0 Å². The highest BCUT2D eigenvalue weighted by molar-refractivity contribution is 6.31. The fourth-order valence-corrected chi connectivity index (χ4v) is 4.61. The van der Waals surface area contributed by atoms with Crippen LogP contribution in [0.3, 0.4) is 0 Å². The number of anilines is 1. The van der Waals surface area contributed by atoms with Gasteiger partial charge < -0.3 is 20.3 Å². The number of allylic oxidation sites excluding steroid dienone is 2. The fraction of sp³-hybridized carbons (Fsp3) is 0.167. The molecule has 0 spiro atoms. The van der Waals surface area contributed by atoms with Crippen LogP contribution >= 0.6 is 0 Å². The number of benzene rings is 2. The van der Waals surface area contributed by atoms with Crippen molar-refractivity contribution in [3.05, 3.63) is 70.3 Å². The summed E-state index contributed by atoms with van der Waals surface area (Å²) in [6.45, 7) is 0. The molecule has 4 atom stereocenters. The zero-order valence-electron chi connectivity index (χ0n) is 15.4. The molecule has 1 fully saturated rings. The molecule has 4 aliphatic rings. The Bertz CT molecular complexity index is 1350. The molecule has 144 valence electrons. The fourth-order valence-electron chi connectivity index (χ4n) is 4.61. The lowest BCUT2D eigenvalue weighted by Gasteiger charge is -2.32. The van der Waals surface area contributed by atoms with Gasteiger partial charge in [0.1, 0.15) is 17.9 Å². The Labute approximate surface area is 171 Å². The van der Waals surface area contributed by atoms with Crippen LogP contribution in [0.2, 0.25) is 0 Å². The number of aromatic hydroxyl groups is 1. The number of epoxide rings is 1. The number of phenolic OH excluding ortho intramolecular Hbond substituents is 1. The normalized spacial score (nSPS) is 30.0. The van der Waals surface area contributed by atoms with Gasteiger partial charge in [-0.2, -0.15) is 0 Å². The van der Waals surface area contributed by atoms with Gasteiger partial charge in [0.15, 0.2) is 23.3 Å². The van der Waals surface area contributed by atoms with E-state index in [1.807, 2.05) is 0 Å². The average molecular weight is 395 g/mol. The topological polar surface area (TPSA) is 99.2 Å². The summed E-state index contributed by atoms with van der Waals surface area (Å²) in [5.74, 6) is 10.2. The number of ketones is 2. The highest BCUT2D eigenvalue weighted by atomic mass is 16.6. The molecule has 0 saturated carbocycles. The van der Waals surface area contributed by atoms with Crippen LogP contribution in [0.15, 0.2) is 42.5 Å². The number of phenols is 1. The van der Waals surface area contributed by atoms with Gasteiger partial charge in [0, 0.05) is 16.7 Å². The molecule has 2 aromatic carbocycles. The van der Waals surface area contributed by atoms with Crippen LogP contribution in [0.4, 0.5) is 5.69 Å². The minimum Gasteiger partial charge on any atom is -0.507 e. The van der Waals surface area contributed by atoms with Crippen molar-refractivity contribution in [3.63, 3.8) is 0 Å². The van der Waals surface area contributed by atoms with Gasteiger partial charge in [0.05, 0.1) is 16.8 Å². The van der Waals surface area contributed by atoms with E-state index >= 15 is 0 Å². The van der Waals surface area contributed by atoms with Crippen molar-refractivity contribution in [2.45, 2.75) is 23.9 Å². The lowest BCUT2D eigenvalue weighted by Crippen LogP contribution is -2.42. The molecule has 2 aliphatic heterocycles. The summed E-state index contributed by atoms with van der Waals surface area (Å²) in [6.07, 6.45) is 1.40. The SMILES string of the molecule is O=C1c2ccccc2C(=O)c2c3c(cc(O)c21)[C@@]12OC1[C@H](C#C/C=C\C#C[C@H]2O)N3. The van der Waals surface area contributed by atoms with Crippen LogP contribution in [0.5, 0.6) is 5.75 Å². The number of hydrogen-bond acceptors (Lipinski definition) is 6. The molecule has 6 heteroatoms. The van der Waals surface area contributed by atoms with Gasteiger partial charge in [-0.1, -0.05) is 47.9 Å². The molecule has 0 aromatic heterocycles. The minimum atomic E-state index is -1.23. The summed E-state index contributed by atoms with van der Waals surface area (Å²) in [7, 11) is 0. The standard InChI is InChI=1S/C24H13NO5/c26-16-11-14-20(19-18(16)21(28)12-7-5-6-8-13(12)22(19)29)25-15-9-3-1-2-4-10-17(27)24(14)23(15)30-24/h1-2,5-8,11,15,17,23,25-27H/b2-1-/t15-,17+,23?,24-/m0/s1. The molecule has 2 heterocycles. The van der Waals surface area contributed by atoms with Gasteiger partial charge in [-0.05, 0) is 18.2 Å². The number of aliphatic hydroxyl groups excluding tert-OH is 1. The third-order valence-electron chi connectivity index (χ3n) is 6.00. The van der Waals surface area contributed by atoms with Crippen LogP contribution in [0.1, 0.15) is 37.4 Å². The molecule has 2 aliphatic carbocycles. The minimum absolute atomic E-state index is 0.0570. The Morgan fingerprint density at radius 1 is 1.00 bits per heavy atom. The Morgan fingerprint density at radius 2 is 1.67 bits per heavy atom. The molecule has 6 nitrogen and oxygen atoms in total. The quantitative estimate of drug-likeness (QED) is 0.303. The Morgan fingerprint density at radius 3 is 2.40 bits per heavy atom. The second-order valence-electron chi connectivity index (χ2n) is 7.54. The number of nitrogens with one attached hydrogen (secondary N) is 1. The van der Waals surface area contributed by atoms with Gasteiger partial charge >= 0.3 is 0 Å². The molecule has 1 saturated heterocycles. The zero-order valence-corrected chi connectivity index (χ0v) is 15.4. The maximum Gasteiger partial charge on any atom is 0.198 e. The molecule has 6 rings (SSSR count). The molecule has 3 N–H and O–H groups in total. The van der Waals surface area contributed by atoms with Crippen molar-refractivity contribution < 1.29 is 24.5 Å². The first kappa shape index (κ1) is 17.1. The number of hydrogen-bond donors (Lipinski definition) is 3. The molecule has 0 amide bonds. The summed E-state index contributed by atoms with van der Waals surface area (Å²) in [4.78, 5) is 26.5. The molecule has 30 heavy (non-hydrogen) atoms. The Hall–Kier alpha value is -3.84. The van der Waals surface area contributed by atoms with Gasteiger partial charge in [-0.25, -0.2) is 0 Å². The van der Waals surface area contributed by atoms with Crippen LogP contribution in [-0.2, 0) is 10.3 Å². The van der Waals surface area contributed by atoms with Crippen molar-refractivity contribution >= 4 is 17.3 Å². The monoisotopic (exact) mass is 395 g/mol. The van der Waals surface area contributed by atoms with E-state index in [4.69, 9.17) is 4.74 Å². The molecule has 1 unspecified atom stereocenters. The van der Waals surface area contributed by atoms with E-state index in [9.17, 15) is 19.8 Å². The number of ether oxygens (including phenoxy) is 1. The van der Waals surface area contributed by atoms with Gasteiger partial charge in [0.25, 0.3) is 0 Å². The van der Waals surface area contributed by atoms with E-state index in [2.05, 4.69) is 29.0 Å². The summed E-state index contributed by atoms with van der Waals surface area (Å²) >= 11 is 0. The van der Waals surface area contributed by atoms with Crippen LogP contribution < -0.4 is 5.32 Å². The van der Waals surface area contributed by atoms with Gasteiger partial charge in [-0.15, -0.1) is 0 Å². The lowest BCUT2D eigenvalue weighted by molar-refractivity contribution is 0.0975.